The van der Waals surface area contributed by atoms with Gasteiger partial charge in [0, 0.05) is 28.4 Å². The smallest absolute Gasteiger partial charge is 0.131 e. The molecule has 0 fully saturated rings. The molecule has 1 aliphatic carbocycles. The molecule has 0 amide bonds. The molecule has 0 unspecified atom stereocenters. The van der Waals surface area contributed by atoms with Crippen LogP contribution in [0.3, 0.4) is 0 Å². The number of methoxy groups -OCH3 is 1. The third-order valence-electron chi connectivity index (χ3n) is 4.20. The second-order valence-corrected chi connectivity index (χ2v) is 5.53. The summed E-state index contributed by atoms with van der Waals surface area (Å²) in [4.78, 5) is 0. The van der Waals surface area contributed by atoms with Crippen molar-refractivity contribution in [3.05, 3.63) is 59.7 Å². The van der Waals surface area contributed by atoms with Gasteiger partial charge in [0.1, 0.15) is 23.2 Å². The molecule has 4 nitrogen and oxygen atoms in total. The molecule has 0 aromatic heterocycles. The van der Waals surface area contributed by atoms with Crippen molar-refractivity contribution in [3.63, 3.8) is 0 Å². The van der Waals surface area contributed by atoms with Gasteiger partial charge in [-0.05, 0) is 24.3 Å². The molecule has 1 heterocycles. The van der Waals surface area contributed by atoms with Crippen molar-refractivity contribution < 1.29 is 13.5 Å². The average molecular weight is 327 g/mol. The van der Waals surface area contributed by atoms with E-state index >= 15 is 0 Å². The van der Waals surface area contributed by atoms with Gasteiger partial charge in [0.25, 0.3) is 0 Å². The minimum Gasteiger partial charge on any atom is -0.496 e. The Morgan fingerprint density at radius 3 is 2.50 bits per heavy atom. The molecule has 0 saturated heterocycles. The van der Waals surface area contributed by atoms with Crippen LogP contribution in [0.1, 0.15) is 5.56 Å². The quantitative estimate of drug-likeness (QED) is 0.517. The van der Waals surface area contributed by atoms with E-state index in [1.807, 2.05) is 24.3 Å². The van der Waals surface area contributed by atoms with E-state index in [9.17, 15) is 8.78 Å². The Morgan fingerprint density at radius 2 is 1.75 bits per heavy atom. The lowest BCUT2D eigenvalue weighted by Crippen LogP contribution is -2.05. The van der Waals surface area contributed by atoms with Gasteiger partial charge in [-0.25, -0.2) is 8.78 Å². The number of anilines is 1. The highest BCUT2D eigenvalue weighted by molar-refractivity contribution is 6.06. The Hall–Kier alpha value is -3.02. The van der Waals surface area contributed by atoms with Gasteiger partial charge >= 0.3 is 0 Å². The second kappa shape index (κ2) is 5.56. The summed E-state index contributed by atoms with van der Waals surface area (Å²) in [5, 5.41) is 11.2. The predicted octanol–water partition coefficient (Wildman–Crippen LogP) is 4.50. The predicted molar refractivity (Wildman–Crippen MR) is 89.5 cm³/mol. The number of nitrogens with one attached hydrogen (secondary N) is 3. The molecule has 2 aromatic carbocycles. The number of benzene rings is 2. The molecular weight excluding hydrogens is 312 g/mol. The van der Waals surface area contributed by atoms with Crippen molar-refractivity contribution in [2.45, 2.75) is 6.54 Å². The molecule has 122 valence electrons. The van der Waals surface area contributed by atoms with Crippen LogP contribution in [0, 0.1) is 11.6 Å². The van der Waals surface area contributed by atoms with Gasteiger partial charge < -0.3 is 10.1 Å². The zero-order valence-corrected chi connectivity index (χ0v) is 12.9. The SMILES string of the molecule is COc1cccc2c3[nH][nH]c(NCc4c(F)cccc4F)c-3cc12. The van der Waals surface area contributed by atoms with Crippen molar-refractivity contribution in [2.24, 2.45) is 0 Å². The lowest BCUT2D eigenvalue weighted by molar-refractivity contribution is 0.420. The standard InChI is InChI=1S/C18H15F2N3O/c1-24-16-7-2-4-10-11(16)8-12-17(10)22-23-18(12)21-9-13-14(19)5-3-6-15(13)20/h2-8,21-23H,9H2,1H3. The highest BCUT2D eigenvalue weighted by Crippen LogP contribution is 2.40. The summed E-state index contributed by atoms with van der Waals surface area (Å²) >= 11 is 0. The molecular formula is C18H15F2N3O. The van der Waals surface area contributed by atoms with E-state index in [2.05, 4.69) is 15.5 Å². The van der Waals surface area contributed by atoms with E-state index in [4.69, 9.17) is 4.74 Å². The Bertz CT molecular complexity index is 969. The fraction of sp³-hybridized carbons (Fsp3) is 0.111. The van der Waals surface area contributed by atoms with Gasteiger partial charge in [0.05, 0.1) is 12.8 Å². The first-order chi connectivity index (χ1) is 11.7. The minimum absolute atomic E-state index is 0.00828. The second-order valence-electron chi connectivity index (χ2n) is 5.53. The van der Waals surface area contributed by atoms with Gasteiger partial charge in [0.2, 0.25) is 0 Å². The number of ether oxygens (including phenoxy) is 1. The molecule has 0 spiro atoms. The molecule has 24 heavy (non-hydrogen) atoms. The molecule has 0 radical (unpaired) electrons. The fourth-order valence-electron chi connectivity index (χ4n) is 2.99. The summed E-state index contributed by atoms with van der Waals surface area (Å²) in [6.07, 6.45) is 0. The van der Waals surface area contributed by atoms with Gasteiger partial charge in [-0.15, -0.1) is 0 Å². The number of halogens is 2. The Morgan fingerprint density at radius 1 is 1.00 bits per heavy atom. The van der Waals surface area contributed by atoms with E-state index in [1.54, 1.807) is 7.11 Å². The van der Waals surface area contributed by atoms with E-state index in [0.29, 0.717) is 5.82 Å². The first-order valence-electron chi connectivity index (χ1n) is 7.51. The van der Waals surface area contributed by atoms with Gasteiger partial charge in [-0.3, -0.25) is 10.2 Å². The van der Waals surface area contributed by atoms with Crippen LogP contribution in [-0.4, -0.2) is 17.3 Å². The number of rotatable bonds is 4. The molecule has 2 aromatic rings. The summed E-state index contributed by atoms with van der Waals surface area (Å²) in [6.45, 7) is 0.0423. The third kappa shape index (κ3) is 2.19. The van der Waals surface area contributed by atoms with Crippen LogP contribution in [0.2, 0.25) is 0 Å². The van der Waals surface area contributed by atoms with Crippen molar-refractivity contribution >= 4 is 16.6 Å². The Balaban J connectivity index is 1.69. The summed E-state index contributed by atoms with van der Waals surface area (Å²) in [7, 11) is 1.63. The van der Waals surface area contributed by atoms with Crippen LogP contribution in [0.5, 0.6) is 5.75 Å². The zero-order valence-electron chi connectivity index (χ0n) is 12.9. The van der Waals surface area contributed by atoms with Crippen LogP contribution < -0.4 is 10.1 Å². The van der Waals surface area contributed by atoms with Crippen LogP contribution in [-0.2, 0) is 6.54 Å². The van der Waals surface area contributed by atoms with Gasteiger partial charge in [-0.1, -0.05) is 18.2 Å². The van der Waals surface area contributed by atoms with Crippen molar-refractivity contribution in [1.82, 2.24) is 10.2 Å². The Kier molecular flexibility index (Phi) is 3.37. The largest absolute Gasteiger partial charge is 0.496 e. The first kappa shape index (κ1) is 14.6. The summed E-state index contributed by atoms with van der Waals surface area (Å²) in [6, 6.07) is 11.6. The number of aromatic nitrogens is 2. The Labute approximate surface area is 136 Å². The third-order valence-corrected chi connectivity index (χ3v) is 4.20. The van der Waals surface area contributed by atoms with Crippen LogP contribution in [0.25, 0.3) is 22.0 Å². The summed E-state index contributed by atoms with van der Waals surface area (Å²) in [5.41, 5.74) is 1.83. The summed E-state index contributed by atoms with van der Waals surface area (Å²) in [5.74, 6) is 0.321. The van der Waals surface area contributed by atoms with Crippen LogP contribution in [0.4, 0.5) is 14.6 Å². The van der Waals surface area contributed by atoms with E-state index in [0.717, 1.165) is 27.8 Å². The molecule has 0 atom stereocenters. The van der Waals surface area contributed by atoms with Gasteiger partial charge in [0.15, 0.2) is 0 Å². The topological polar surface area (TPSA) is 52.8 Å². The van der Waals surface area contributed by atoms with E-state index < -0.39 is 11.6 Å². The highest BCUT2D eigenvalue weighted by Gasteiger charge is 2.19. The molecule has 1 aliphatic heterocycles. The number of fused-ring (bicyclic) bond motifs is 3. The van der Waals surface area contributed by atoms with Crippen LogP contribution in [0.15, 0.2) is 42.5 Å². The number of hydrogen-bond acceptors (Lipinski definition) is 2. The number of H-pyrrole nitrogens is 2. The van der Waals surface area contributed by atoms with Crippen molar-refractivity contribution in [3.8, 4) is 17.0 Å². The lowest BCUT2D eigenvalue weighted by Gasteiger charge is -2.07. The summed E-state index contributed by atoms with van der Waals surface area (Å²) < 4.78 is 32.9. The lowest BCUT2D eigenvalue weighted by atomic mass is 10.2. The monoisotopic (exact) mass is 327 g/mol. The normalized spacial score (nSPS) is 11.3. The molecule has 0 bridgehead atoms. The molecule has 4 rings (SSSR count). The fourth-order valence-corrected chi connectivity index (χ4v) is 2.99. The van der Waals surface area contributed by atoms with E-state index in [-0.39, 0.29) is 12.1 Å². The number of aromatic amines is 2. The highest BCUT2D eigenvalue weighted by atomic mass is 19.1. The maximum absolute atomic E-state index is 13.7. The van der Waals surface area contributed by atoms with E-state index in [1.165, 1.54) is 18.2 Å². The molecule has 0 saturated carbocycles. The maximum Gasteiger partial charge on any atom is 0.131 e. The zero-order chi connectivity index (χ0) is 16.7. The molecule has 2 aliphatic rings. The minimum atomic E-state index is -0.566. The maximum atomic E-state index is 13.7. The first-order valence-corrected chi connectivity index (χ1v) is 7.51. The number of hydrogen-bond donors (Lipinski definition) is 3. The average Bonchev–Trinajstić information content (AvgIpc) is 3.14. The van der Waals surface area contributed by atoms with Crippen molar-refractivity contribution in [1.29, 1.82) is 0 Å². The van der Waals surface area contributed by atoms with Crippen molar-refractivity contribution in [2.75, 3.05) is 12.4 Å². The van der Waals surface area contributed by atoms with Gasteiger partial charge in [-0.2, -0.15) is 0 Å². The van der Waals surface area contributed by atoms with Crippen LogP contribution >= 0.6 is 0 Å². The molecule has 3 N–H and O–H groups in total. The molecule has 6 heteroatoms.